The summed E-state index contributed by atoms with van der Waals surface area (Å²) in [5.41, 5.74) is 4.14. The van der Waals surface area contributed by atoms with E-state index in [4.69, 9.17) is 4.74 Å². The van der Waals surface area contributed by atoms with Crippen molar-refractivity contribution in [1.82, 2.24) is 9.80 Å². The number of hydrogen-bond donors (Lipinski definition) is 1. The zero-order valence-electron chi connectivity index (χ0n) is 21.4. The summed E-state index contributed by atoms with van der Waals surface area (Å²) in [5, 5.41) is 10.6. The number of hydrogen-bond acceptors (Lipinski definition) is 4. The molecule has 0 unspecified atom stereocenters. The van der Waals surface area contributed by atoms with Gasteiger partial charge in [-0.2, -0.15) is 0 Å². The molecule has 1 aliphatic rings. The number of aliphatic hydroxyl groups excluding tert-OH is 1. The van der Waals surface area contributed by atoms with E-state index in [1.165, 1.54) is 16.7 Å². The lowest BCUT2D eigenvalue weighted by atomic mass is 9.82. The fraction of sp³-hybridized carbons (Fsp3) is 0.419. The monoisotopic (exact) mass is 472 g/mol. The van der Waals surface area contributed by atoms with Crippen LogP contribution >= 0.6 is 0 Å². The molecule has 0 aromatic heterocycles. The highest BCUT2D eigenvalue weighted by molar-refractivity contribution is 5.32. The molecule has 1 saturated heterocycles. The van der Waals surface area contributed by atoms with E-state index < -0.39 is 6.10 Å². The number of β-amino-alcohol motifs (C(OH)–C–C–N with tert-alkyl or cyclic N) is 1. The van der Waals surface area contributed by atoms with Crippen molar-refractivity contribution in [2.75, 3.05) is 39.3 Å². The summed E-state index contributed by atoms with van der Waals surface area (Å²) >= 11 is 0. The van der Waals surface area contributed by atoms with Crippen LogP contribution in [0.25, 0.3) is 0 Å². The maximum atomic E-state index is 10.6. The first-order valence-electron chi connectivity index (χ1n) is 12.9. The summed E-state index contributed by atoms with van der Waals surface area (Å²) in [6.07, 6.45) is 0.587. The van der Waals surface area contributed by atoms with Crippen LogP contribution in [0.3, 0.4) is 0 Å². The molecule has 1 heterocycles. The Hall–Kier alpha value is -2.66. The molecule has 3 aromatic carbocycles. The minimum Gasteiger partial charge on any atom is -0.491 e. The van der Waals surface area contributed by atoms with Gasteiger partial charge in [-0.05, 0) is 40.7 Å². The van der Waals surface area contributed by atoms with Gasteiger partial charge in [-0.3, -0.25) is 9.80 Å². The Morgan fingerprint density at radius 1 is 0.800 bits per heavy atom. The molecule has 0 spiro atoms. The smallest absolute Gasteiger partial charge is 0.119 e. The van der Waals surface area contributed by atoms with Crippen LogP contribution in [-0.2, 0) is 5.41 Å². The van der Waals surface area contributed by atoms with Crippen molar-refractivity contribution in [3.63, 3.8) is 0 Å². The number of benzene rings is 3. The molecule has 0 amide bonds. The van der Waals surface area contributed by atoms with Crippen molar-refractivity contribution in [3.8, 4) is 5.75 Å². The van der Waals surface area contributed by atoms with Crippen LogP contribution < -0.4 is 4.74 Å². The SMILES string of the molecule is CCC(C)(C)c1ccc(OC[C@@H](O)CN2CCN(C(c3ccccc3)c3ccccc3)CC2)cc1. The minimum atomic E-state index is -0.507. The lowest BCUT2D eigenvalue weighted by Gasteiger charge is -2.40. The highest BCUT2D eigenvalue weighted by Crippen LogP contribution is 2.30. The van der Waals surface area contributed by atoms with E-state index in [1.807, 2.05) is 12.1 Å². The second-order valence-electron chi connectivity index (χ2n) is 10.3. The highest BCUT2D eigenvalue weighted by Gasteiger charge is 2.27. The van der Waals surface area contributed by atoms with Crippen molar-refractivity contribution in [3.05, 3.63) is 102 Å². The fourth-order valence-corrected chi connectivity index (χ4v) is 4.84. The summed E-state index contributed by atoms with van der Waals surface area (Å²) in [4.78, 5) is 4.91. The predicted molar refractivity (Wildman–Crippen MR) is 144 cm³/mol. The Balaban J connectivity index is 1.28. The highest BCUT2D eigenvalue weighted by atomic mass is 16.5. The Morgan fingerprint density at radius 2 is 1.34 bits per heavy atom. The van der Waals surface area contributed by atoms with Crippen LogP contribution in [-0.4, -0.2) is 60.3 Å². The van der Waals surface area contributed by atoms with E-state index >= 15 is 0 Å². The van der Waals surface area contributed by atoms with Crippen LogP contribution in [0, 0.1) is 0 Å². The van der Waals surface area contributed by atoms with Crippen LogP contribution in [0.1, 0.15) is 49.9 Å². The number of rotatable bonds is 10. The number of ether oxygens (including phenoxy) is 1. The quantitative estimate of drug-likeness (QED) is 0.421. The van der Waals surface area contributed by atoms with Gasteiger partial charge in [0, 0.05) is 32.7 Å². The first-order chi connectivity index (χ1) is 17.0. The molecule has 4 nitrogen and oxygen atoms in total. The second kappa shape index (κ2) is 11.9. The molecule has 0 aliphatic carbocycles. The van der Waals surface area contributed by atoms with Crippen molar-refractivity contribution in [1.29, 1.82) is 0 Å². The molecule has 4 rings (SSSR count). The minimum absolute atomic E-state index is 0.167. The van der Waals surface area contributed by atoms with Crippen LogP contribution in [0.15, 0.2) is 84.9 Å². The number of piperazine rings is 1. The van der Waals surface area contributed by atoms with Gasteiger partial charge in [0.2, 0.25) is 0 Å². The zero-order chi connectivity index (χ0) is 24.7. The Kier molecular flexibility index (Phi) is 8.61. The molecule has 35 heavy (non-hydrogen) atoms. The Labute approximate surface area is 211 Å². The number of aliphatic hydroxyl groups is 1. The van der Waals surface area contributed by atoms with E-state index in [-0.39, 0.29) is 11.5 Å². The summed E-state index contributed by atoms with van der Waals surface area (Å²) < 4.78 is 5.90. The Bertz CT molecular complexity index is 973. The summed E-state index contributed by atoms with van der Waals surface area (Å²) in [6.45, 7) is 11.5. The van der Waals surface area contributed by atoms with Gasteiger partial charge in [0.15, 0.2) is 0 Å². The van der Waals surface area contributed by atoms with E-state index in [0.29, 0.717) is 13.2 Å². The van der Waals surface area contributed by atoms with Crippen molar-refractivity contribution >= 4 is 0 Å². The van der Waals surface area contributed by atoms with Gasteiger partial charge in [0.1, 0.15) is 18.5 Å². The fourth-order valence-electron chi connectivity index (χ4n) is 4.84. The second-order valence-corrected chi connectivity index (χ2v) is 10.3. The predicted octanol–water partition coefficient (Wildman–Crippen LogP) is 5.52. The van der Waals surface area contributed by atoms with E-state index in [2.05, 4.69) is 103 Å². The zero-order valence-corrected chi connectivity index (χ0v) is 21.4. The van der Waals surface area contributed by atoms with Gasteiger partial charge in [0.25, 0.3) is 0 Å². The van der Waals surface area contributed by atoms with Crippen molar-refractivity contribution < 1.29 is 9.84 Å². The van der Waals surface area contributed by atoms with Gasteiger partial charge in [-0.15, -0.1) is 0 Å². The normalized spacial score (nSPS) is 16.4. The molecule has 0 saturated carbocycles. The van der Waals surface area contributed by atoms with Gasteiger partial charge in [0.05, 0.1) is 6.04 Å². The summed E-state index contributed by atoms with van der Waals surface area (Å²) in [5.74, 6) is 0.818. The third-order valence-corrected chi connectivity index (χ3v) is 7.43. The number of nitrogens with zero attached hydrogens (tertiary/aromatic N) is 2. The van der Waals surface area contributed by atoms with E-state index in [0.717, 1.165) is 38.3 Å². The summed E-state index contributed by atoms with van der Waals surface area (Å²) in [6, 6.07) is 30.1. The molecule has 1 atom stereocenters. The van der Waals surface area contributed by atoms with Crippen LogP contribution in [0.2, 0.25) is 0 Å². The molecule has 0 radical (unpaired) electrons. The van der Waals surface area contributed by atoms with Crippen LogP contribution in [0.4, 0.5) is 0 Å². The molecule has 1 fully saturated rings. The molecule has 0 bridgehead atoms. The van der Waals surface area contributed by atoms with Crippen molar-refractivity contribution in [2.24, 2.45) is 0 Å². The largest absolute Gasteiger partial charge is 0.491 e. The molecular weight excluding hydrogens is 432 g/mol. The van der Waals surface area contributed by atoms with Gasteiger partial charge in [-0.25, -0.2) is 0 Å². The first-order valence-corrected chi connectivity index (χ1v) is 12.9. The maximum absolute atomic E-state index is 10.6. The van der Waals surface area contributed by atoms with Gasteiger partial charge in [-0.1, -0.05) is 93.6 Å². The Morgan fingerprint density at radius 3 is 1.86 bits per heavy atom. The average molecular weight is 473 g/mol. The maximum Gasteiger partial charge on any atom is 0.119 e. The van der Waals surface area contributed by atoms with Gasteiger partial charge >= 0.3 is 0 Å². The van der Waals surface area contributed by atoms with Gasteiger partial charge < -0.3 is 9.84 Å². The molecule has 4 heteroatoms. The molecule has 186 valence electrons. The molecule has 1 N–H and O–H groups in total. The molecular formula is C31H40N2O2. The standard InChI is InChI=1S/C31H40N2O2/c1-4-31(2,3)27-15-17-29(18-16-27)35-24-28(34)23-32-19-21-33(22-20-32)30(25-11-7-5-8-12-25)26-13-9-6-10-14-26/h5-18,28,30,34H,4,19-24H2,1-3H3/t28-/m0/s1. The lowest BCUT2D eigenvalue weighted by Crippen LogP contribution is -2.50. The third-order valence-electron chi connectivity index (χ3n) is 7.43. The van der Waals surface area contributed by atoms with Crippen molar-refractivity contribution in [2.45, 2.75) is 44.8 Å². The van der Waals surface area contributed by atoms with E-state index in [1.54, 1.807) is 0 Å². The van der Waals surface area contributed by atoms with E-state index in [9.17, 15) is 5.11 Å². The topological polar surface area (TPSA) is 35.9 Å². The third kappa shape index (κ3) is 6.72. The summed E-state index contributed by atoms with van der Waals surface area (Å²) in [7, 11) is 0. The molecule has 1 aliphatic heterocycles. The lowest BCUT2D eigenvalue weighted by molar-refractivity contribution is 0.0401. The van der Waals surface area contributed by atoms with Crippen LogP contribution in [0.5, 0.6) is 5.75 Å². The molecule has 3 aromatic rings. The average Bonchev–Trinajstić information content (AvgIpc) is 2.90. The first kappa shape index (κ1) is 25.4.